The third kappa shape index (κ3) is 3.20. The summed E-state index contributed by atoms with van der Waals surface area (Å²) in [6.45, 7) is 0. The number of benzene rings is 2. The van der Waals surface area contributed by atoms with Crippen LogP contribution in [0.5, 0.6) is 11.5 Å². The van der Waals surface area contributed by atoms with E-state index in [1.807, 2.05) is 0 Å². The second kappa shape index (κ2) is 5.97. The van der Waals surface area contributed by atoms with Crippen molar-refractivity contribution >= 4 is 17.4 Å². The van der Waals surface area contributed by atoms with Crippen molar-refractivity contribution in [2.24, 2.45) is 0 Å². The van der Waals surface area contributed by atoms with Crippen molar-refractivity contribution in [3.63, 3.8) is 0 Å². The summed E-state index contributed by atoms with van der Waals surface area (Å²) < 4.78 is 5.05. The topological polar surface area (TPSA) is 61.8 Å². The van der Waals surface area contributed by atoms with Gasteiger partial charge in [0.1, 0.15) is 11.5 Å². The number of anilines is 2. The second-order valence-electron chi connectivity index (χ2n) is 4.24. The SMILES string of the molecule is COc1ccc(NC(=O)N(C)c2cccc(O)c2)cc1. The number of hydrogen-bond acceptors (Lipinski definition) is 3. The molecule has 0 fully saturated rings. The van der Waals surface area contributed by atoms with E-state index in [2.05, 4.69) is 5.32 Å². The van der Waals surface area contributed by atoms with E-state index in [1.54, 1.807) is 56.6 Å². The summed E-state index contributed by atoms with van der Waals surface area (Å²) in [5.74, 6) is 0.843. The fourth-order valence-electron chi connectivity index (χ4n) is 1.70. The predicted octanol–water partition coefficient (Wildman–Crippen LogP) is 3.07. The lowest BCUT2D eigenvalue weighted by molar-refractivity contribution is 0.258. The zero-order valence-corrected chi connectivity index (χ0v) is 11.3. The van der Waals surface area contributed by atoms with Gasteiger partial charge in [0.15, 0.2) is 0 Å². The summed E-state index contributed by atoms with van der Waals surface area (Å²) >= 11 is 0. The van der Waals surface area contributed by atoms with Gasteiger partial charge in [-0.1, -0.05) is 6.07 Å². The van der Waals surface area contributed by atoms with Gasteiger partial charge >= 0.3 is 6.03 Å². The van der Waals surface area contributed by atoms with Gasteiger partial charge in [-0.15, -0.1) is 0 Å². The van der Waals surface area contributed by atoms with Crippen molar-refractivity contribution in [1.82, 2.24) is 0 Å². The van der Waals surface area contributed by atoms with Crippen LogP contribution in [-0.2, 0) is 0 Å². The van der Waals surface area contributed by atoms with E-state index in [9.17, 15) is 9.90 Å². The van der Waals surface area contributed by atoms with Crippen LogP contribution in [0.1, 0.15) is 0 Å². The summed E-state index contributed by atoms with van der Waals surface area (Å²) in [7, 11) is 3.22. The molecular weight excluding hydrogens is 256 g/mol. The molecule has 0 saturated carbocycles. The molecule has 5 nitrogen and oxygen atoms in total. The van der Waals surface area contributed by atoms with E-state index >= 15 is 0 Å². The minimum Gasteiger partial charge on any atom is -0.508 e. The lowest BCUT2D eigenvalue weighted by Gasteiger charge is -2.18. The molecule has 2 N–H and O–H groups in total. The molecule has 0 atom stereocenters. The third-order valence-corrected chi connectivity index (χ3v) is 2.86. The highest BCUT2D eigenvalue weighted by molar-refractivity contribution is 6.01. The van der Waals surface area contributed by atoms with Crippen molar-refractivity contribution < 1.29 is 14.6 Å². The highest BCUT2D eigenvalue weighted by atomic mass is 16.5. The number of phenolic OH excluding ortho intramolecular Hbond substituents is 1. The monoisotopic (exact) mass is 272 g/mol. The maximum atomic E-state index is 12.1. The Morgan fingerprint density at radius 3 is 2.50 bits per heavy atom. The van der Waals surface area contributed by atoms with Gasteiger partial charge in [0.25, 0.3) is 0 Å². The fraction of sp³-hybridized carbons (Fsp3) is 0.133. The van der Waals surface area contributed by atoms with Crippen LogP contribution in [0.2, 0.25) is 0 Å². The number of nitrogens with one attached hydrogen (secondary N) is 1. The summed E-state index contributed by atoms with van der Waals surface area (Å²) in [6.07, 6.45) is 0. The molecule has 0 radical (unpaired) electrons. The van der Waals surface area contributed by atoms with Crippen LogP contribution < -0.4 is 15.0 Å². The molecule has 0 heterocycles. The van der Waals surface area contributed by atoms with Crippen LogP contribution in [0.4, 0.5) is 16.2 Å². The molecule has 20 heavy (non-hydrogen) atoms. The van der Waals surface area contributed by atoms with Crippen LogP contribution in [0.25, 0.3) is 0 Å². The third-order valence-electron chi connectivity index (χ3n) is 2.86. The van der Waals surface area contributed by atoms with Crippen LogP contribution in [0, 0.1) is 0 Å². The van der Waals surface area contributed by atoms with Crippen molar-refractivity contribution in [2.75, 3.05) is 24.4 Å². The summed E-state index contributed by atoms with van der Waals surface area (Å²) in [4.78, 5) is 13.5. The Kier molecular flexibility index (Phi) is 4.10. The molecule has 0 spiro atoms. The van der Waals surface area contributed by atoms with Gasteiger partial charge in [-0.3, -0.25) is 4.90 Å². The molecule has 0 aliphatic heterocycles. The number of carbonyl (C=O) groups excluding carboxylic acids is 1. The van der Waals surface area contributed by atoms with Crippen molar-refractivity contribution in [1.29, 1.82) is 0 Å². The lowest BCUT2D eigenvalue weighted by atomic mass is 10.3. The summed E-state index contributed by atoms with van der Waals surface area (Å²) in [5, 5.41) is 12.2. The van der Waals surface area contributed by atoms with Crippen LogP contribution in [0.3, 0.4) is 0 Å². The average molecular weight is 272 g/mol. The quantitative estimate of drug-likeness (QED) is 0.902. The number of aromatic hydroxyl groups is 1. The molecule has 0 aliphatic rings. The average Bonchev–Trinajstić information content (AvgIpc) is 2.47. The number of amides is 2. The van der Waals surface area contributed by atoms with E-state index in [0.717, 1.165) is 5.75 Å². The maximum Gasteiger partial charge on any atom is 0.326 e. The molecule has 104 valence electrons. The number of phenols is 1. The van der Waals surface area contributed by atoms with Crippen LogP contribution in [-0.4, -0.2) is 25.3 Å². The van der Waals surface area contributed by atoms with Gasteiger partial charge in [0, 0.05) is 24.5 Å². The minimum absolute atomic E-state index is 0.117. The van der Waals surface area contributed by atoms with Crippen LogP contribution in [0.15, 0.2) is 48.5 Å². The molecule has 0 bridgehead atoms. The number of methoxy groups -OCH3 is 1. The lowest BCUT2D eigenvalue weighted by Crippen LogP contribution is -2.31. The number of carbonyl (C=O) groups is 1. The van der Waals surface area contributed by atoms with Crippen molar-refractivity contribution in [3.05, 3.63) is 48.5 Å². The molecule has 2 rings (SSSR count). The summed E-state index contributed by atoms with van der Waals surface area (Å²) in [6, 6.07) is 13.3. The van der Waals surface area contributed by atoms with Gasteiger partial charge in [-0.05, 0) is 36.4 Å². The molecular formula is C15H16N2O3. The number of rotatable bonds is 3. The highest BCUT2D eigenvalue weighted by Crippen LogP contribution is 2.20. The normalized spacial score (nSPS) is 9.90. The first-order valence-electron chi connectivity index (χ1n) is 6.08. The van der Waals surface area contributed by atoms with E-state index in [1.165, 1.54) is 11.0 Å². The Morgan fingerprint density at radius 2 is 1.90 bits per heavy atom. The molecule has 0 unspecified atom stereocenters. The van der Waals surface area contributed by atoms with Crippen LogP contribution >= 0.6 is 0 Å². The molecule has 5 heteroatoms. The first kappa shape index (κ1) is 13.7. The zero-order chi connectivity index (χ0) is 14.5. The van der Waals surface area contributed by atoms with E-state index in [0.29, 0.717) is 11.4 Å². The predicted molar refractivity (Wildman–Crippen MR) is 78.5 cm³/mol. The van der Waals surface area contributed by atoms with Crippen molar-refractivity contribution in [2.45, 2.75) is 0 Å². The first-order valence-corrected chi connectivity index (χ1v) is 6.08. The van der Waals surface area contributed by atoms with Gasteiger partial charge in [-0.25, -0.2) is 4.79 Å². The first-order chi connectivity index (χ1) is 9.60. The van der Waals surface area contributed by atoms with Crippen molar-refractivity contribution in [3.8, 4) is 11.5 Å². The summed E-state index contributed by atoms with van der Waals surface area (Å²) in [5.41, 5.74) is 1.28. The number of urea groups is 1. The molecule has 0 saturated heterocycles. The smallest absolute Gasteiger partial charge is 0.326 e. The Hall–Kier alpha value is -2.69. The molecule has 2 amide bonds. The maximum absolute atomic E-state index is 12.1. The highest BCUT2D eigenvalue weighted by Gasteiger charge is 2.11. The number of hydrogen-bond donors (Lipinski definition) is 2. The fourth-order valence-corrected chi connectivity index (χ4v) is 1.70. The van der Waals surface area contributed by atoms with Gasteiger partial charge < -0.3 is 15.2 Å². The molecule has 0 aromatic heterocycles. The Bertz CT molecular complexity index is 596. The largest absolute Gasteiger partial charge is 0.508 e. The van der Waals surface area contributed by atoms with Gasteiger partial charge in [-0.2, -0.15) is 0 Å². The molecule has 0 aliphatic carbocycles. The Labute approximate surface area is 117 Å². The number of ether oxygens (including phenoxy) is 1. The standard InChI is InChI=1S/C15H16N2O3/c1-17(12-4-3-5-13(18)10-12)15(19)16-11-6-8-14(20-2)9-7-11/h3-10,18H,1-2H3,(H,16,19). The zero-order valence-electron chi connectivity index (χ0n) is 11.3. The van der Waals surface area contributed by atoms with Gasteiger partial charge in [0.2, 0.25) is 0 Å². The van der Waals surface area contributed by atoms with E-state index in [4.69, 9.17) is 4.74 Å². The Balaban J connectivity index is 2.07. The molecule has 2 aromatic rings. The minimum atomic E-state index is -0.291. The van der Waals surface area contributed by atoms with E-state index < -0.39 is 0 Å². The Morgan fingerprint density at radius 1 is 1.20 bits per heavy atom. The van der Waals surface area contributed by atoms with E-state index in [-0.39, 0.29) is 11.8 Å². The second-order valence-corrected chi connectivity index (χ2v) is 4.24. The molecule has 2 aromatic carbocycles. The van der Waals surface area contributed by atoms with Gasteiger partial charge in [0.05, 0.1) is 7.11 Å². The number of nitrogens with zero attached hydrogens (tertiary/aromatic N) is 1.